The molecule has 0 heterocycles. The molecule has 0 aliphatic rings. The number of amides is 1. The molecule has 2 aromatic rings. The molecule has 2 N–H and O–H groups in total. The average Bonchev–Trinajstić information content (AvgIpc) is 2.52. The Bertz CT molecular complexity index is 789. The molecule has 2 rings (SSSR count). The molecule has 2 aromatic carbocycles. The number of carboxylic acids is 1. The summed E-state index contributed by atoms with van der Waals surface area (Å²) in [5.74, 6) is -1.08. The zero-order chi connectivity index (χ0) is 18.4. The lowest BCUT2D eigenvalue weighted by Crippen LogP contribution is -2.27. The van der Waals surface area contributed by atoms with E-state index in [9.17, 15) is 14.7 Å². The van der Waals surface area contributed by atoms with Crippen molar-refractivity contribution in [3.63, 3.8) is 0 Å². The average molecular weight is 339 g/mol. The van der Waals surface area contributed by atoms with Gasteiger partial charge in [0.25, 0.3) is 0 Å². The number of rotatable bonds is 4. The van der Waals surface area contributed by atoms with Crippen LogP contribution in [0.15, 0.2) is 54.6 Å². The van der Waals surface area contributed by atoms with Crippen LogP contribution in [0.5, 0.6) is 0 Å². The number of aliphatic carboxylic acids is 1. The highest BCUT2D eigenvalue weighted by Crippen LogP contribution is 2.26. The third-order valence-electron chi connectivity index (χ3n) is 3.19. The molecule has 0 bridgehead atoms. The van der Waals surface area contributed by atoms with Crippen LogP contribution in [-0.4, -0.2) is 22.8 Å². The minimum Gasteiger partial charge on any atom is -0.478 e. The molecule has 0 aliphatic heterocycles. The van der Waals surface area contributed by atoms with Gasteiger partial charge in [-0.2, -0.15) is 0 Å². The van der Waals surface area contributed by atoms with Gasteiger partial charge in [-0.05, 0) is 38.5 Å². The predicted octanol–water partition coefficient (Wildman–Crippen LogP) is 4.66. The number of nitrogens with one attached hydrogen (secondary N) is 1. The molecule has 0 saturated heterocycles. The van der Waals surface area contributed by atoms with Gasteiger partial charge in [-0.15, -0.1) is 0 Å². The van der Waals surface area contributed by atoms with Crippen molar-refractivity contribution in [2.75, 3.05) is 5.32 Å². The van der Waals surface area contributed by atoms with Crippen molar-refractivity contribution in [2.45, 2.75) is 26.4 Å². The molecule has 5 heteroatoms. The van der Waals surface area contributed by atoms with E-state index in [1.165, 1.54) is 0 Å². The molecular formula is C20H21NO4. The summed E-state index contributed by atoms with van der Waals surface area (Å²) in [4.78, 5) is 23.8. The van der Waals surface area contributed by atoms with Crippen molar-refractivity contribution in [1.82, 2.24) is 0 Å². The van der Waals surface area contributed by atoms with Crippen LogP contribution in [-0.2, 0) is 9.53 Å². The molecule has 0 atom stereocenters. The van der Waals surface area contributed by atoms with Crippen LogP contribution in [0.4, 0.5) is 10.5 Å². The zero-order valence-corrected chi connectivity index (χ0v) is 14.4. The van der Waals surface area contributed by atoms with Gasteiger partial charge in [0.15, 0.2) is 0 Å². The van der Waals surface area contributed by atoms with E-state index in [0.29, 0.717) is 11.3 Å². The van der Waals surface area contributed by atoms with Gasteiger partial charge >= 0.3 is 12.1 Å². The summed E-state index contributed by atoms with van der Waals surface area (Å²) in [5.41, 5.74) is 0.977. The van der Waals surface area contributed by atoms with E-state index in [1.807, 2.05) is 30.3 Å². The zero-order valence-electron chi connectivity index (χ0n) is 14.4. The van der Waals surface area contributed by atoms with Crippen molar-refractivity contribution < 1.29 is 19.4 Å². The monoisotopic (exact) mass is 339 g/mol. The third-order valence-corrected chi connectivity index (χ3v) is 3.19. The number of ether oxygens (including phenoxy) is 1. The Balaban J connectivity index is 2.38. The van der Waals surface area contributed by atoms with Gasteiger partial charge in [0.1, 0.15) is 5.60 Å². The van der Waals surface area contributed by atoms with Crippen LogP contribution in [0.2, 0.25) is 0 Å². The van der Waals surface area contributed by atoms with Gasteiger partial charge in [0.05, 0.1) is 11.3 Å². The molecule has 1 amide bonds. The summed E-state index contributed by atoms with van der Waals surface area (Å²) in [6.45, 7) is 5.28. The smallest absolute Gasteiger partial charge is 0.412 e. The van der Waals surface area contributed by atoms with Gasteiger partial charge in [-0.25, -0.2) is 9.59 Å². The lowest BCUT2D eigenvalue weighted by molar-refractivity contribution is -0.130. The van der Waals surface area contributed by atoms with E-state index in [2.05, 4.69) is 5.32 Å². The van der Waals surface area contributed by atoms with E-state index < -0.39 is 17.7 Å². The van der Waals surface area contributed by atoms with Crippen molar-refractivity contribution in [2.24, 2.45) is 0 Å². The van der Waals surface area contributed by atoms with E-state index in [0.717, 1.165) is 5.56 Å². The normalized spacial score (nSPS) is 11.7. The third kappa shape index (κ3) is 5.49. The molecule has 0 saturated carbocycles. The number of anilines is 1. The van der Waals surface area contributed by atoms with Gasteiger partial charge in [-0.3, -0.25) is 5.32 Å². The van der Waals surface area contributed by atoms with E-state index in [-0.39, 0.29) is 5.57 Å². The molecule has 25 heavy (non-hydrogen) atoms. The second kappa shape index (κ2) is 7.66. The largest absolute Gasteiger partial charge is 0.478 e. The van der Waals surface area contributed by atoms with Crippen LogP contribution >= 0.6 is 0 Å². The topological polar surface area (TPSA) is 75.6 Å². The Morgan fingerprint density at radius 1 is 1.00 bits per heavy atom. The number of hydrogen-bond acceptors (Lipinski definition) is 3. The minimum atomic E-state index is -1.08. The van der Waals surface area contributed by atoms with Gasteiger partial charge in [-0.1, -0.05) is 48.5 Å². The second-order valence-electron chi connectivity index (χ2n) is 6.45. The Hall–Kier alpha value is -3.08. The van der Waals surface area contributed by atoms with Crippen LogP contribution in [0.25, 0.3) is 11.6 Å². The summed E-state index contributed by atoms with van der Waals surface area (Å²) in [6.07, 6.45) is 0.933. The molecule has 0 fully saturated rings. The SMILES string of the molecule is CC(C)(C)OC(=O)Nc1ccccc1/C(=C/c1ccccc1)C(=O)O. The van der Waals surface area contributed by atoms with Crippen LogP contribution < -0.4 is 5.32 Å². The number of carbonyl (C=O) groups excluding carboxylic acids is 1. The van der Waals surface area contributed by atoms with Crippen LogP contribution in [0.1, 0.15) is 31.9 Å². The molecule has 5 nitrogen and oxygen atoms in total. The first-order chi connectivity index (χ1) is 11.8. The lowest BCUT2D eigenvalue weighted by Gasteiger charge is -2.20. The Morgan fingerprint density at radius 3 is 2.20 bits per heavy atom. The lowest BCUT2D eigenvalue weighted by atomic mass is 10.0. The highest BCUT2D eigenvalue weighted by atomic mass is 16.6. The van der Waals surface area contributed by atoms with Gasteiger partial charge in [0, 0.05) is 5.56 Å². The molecular weight excluding hydrogens is 318 g/mol. The molecule has 130 valence electrons. The Kier molecular flexibility index (Phi) is 5.60. The summed E-state index contributed by atoms with van der Waals surface area (Å²) in [7, 11) is 0. The van der Waals surface area contributed by atoms with E-state index in [1.54, 1.807) is 51.1 Å². The van der Waals surface area contributed by atoms with E-state index >= 15 is 0 Å². The fraction of sp³-hybridized carbons (Fsp3) is 0.200. The van der Waals surface area contributed by atoms with Crippen LogP contribution in [0, 0.1) is 0 Å². The maximum absolute atomic E-state index is 12.0. The highest BCUT2D eigenvalue weighted by Gasteiger charge is 2.19. The van der Waals surface area contributed by atoms with Gasteiger partial charge < -0.3 is 9.84 Å². The summed E-state index contributed by atoms with van der Waals surface area (Å²) in [6, 6.07) is 15.9. The number of carbonyl (C=O) groups is 2. The standard InChI is InChI=1S/C20H21NO4/c1-20(2,3)25-19(24)21-17-12-8-7-11-15(17)16(18(22)23)13-14-9-5-4-6-10-14/h4-13H,1-3H3,(H,21,24)(H,22,23)/b16-13-. The fourth-order valence-corrected chi connectivity index (χ4v) is 2.21. The molecule has 0 aromatic heterocycles. The molecule has 0 spiro atoms. The maximum Gasteiger partial charge on any atom is 0.412 e. The quantitative estimate of drug-likeness (QED) is 0.627. The summed E-state index contributed by atoms with van der Waals surface area (Å²) in [5, 5.41) is 12.2. The predicted molar refractivity (Wildman–Crippen MR) is 98.2 cm³/mol. The first kappa shape index (κ1) is 18.3. The minimum absolute atomic E-state index is 0.0814. The molecule has 0 unspecified atom stereocenters. The number of benzene rings is 2. The van der Waals surface area contributed by atoms with Crippen molar-refractivity contribution in [1.29, 1.82) is 0 Å². The first-order valence-corrected chi connectivity index (χ1v) is 7.86. The second-order valence-corrected chi connectivity index (χ2v) is 6.45. The maximum atomic E-state index is 12.0. The molecule has 0 aliphatic carbocycles. The summed E-state index contributed by atoms with van der Waals surface area (Å²) >= 11 is 0. The number of para-hydroxylation sites is 1. The van der Waals surface area contributed by atoms with Crippen molar-refractivity contribution in [3.05, 3.63) is 65.7 Å². The highest BCUT2D eigenvalue weighted by molar-refractivity contribution is 6.22. The molecule has 0 radical (unpaired) electrons. The Labute approximate surface area is 146 Å². The van der Waals surface area contributed by atoms with E-state index in [4.69, 9.17) is 4.74 Å². The van der Waals surface area contributed by atoms with Crippen molar-refractivity contribution in [3.8, 4) is 0 Å². The fourth-order valence-electron chi connectivity index (χ4n) is 2.21. The van der Waals surface area contributed by atoms with Crippen LogP contribution in [0.3, 0.4) is 0 Å². The number of carboxylic acid groups (broad SMARTS) is 1. The first-order valence-electron chi connectivity index (χ1n) is 7.86. The number of hydrogen-bond donors (Lipinski definition) is 2. The summed E-state index contributed by atoms with van der Waals surface area (Å²) < 4.78 is 5.24. The van der Waals surface area contributed by atoms with Gasteiger partial charge in [0.2, 0.25) is 0 Å². The van der Waals surface area contributed by atoms with Crippen molar-refractivity contribution >= 4 is 29.4 Å². The Morgan fingerprint density at radius 2 is 1.60 bits per heavy atom.